The SMILES string of the molecule is Oc1cc(OCCN2CCOCC2)cc2ccc(Oc3ccc(OC(F)(F)F)cc3)nc12. The number of pyridine rings is 1. The van der Waals surface area contributed by atoms with E-state index in [1.807, 2.05) is 0 Å². The number of morpholine rings is 1. The molecule has 1 fully saturated rings. The molecule has 2 aromatic carbocycles. The zero-order chi connectivity index (χ0) is 22.6. The molecule has 170 valence electrons. The number of nitrogens with zero attached hydrogens (tertiary/aromatic N) is 2. The summed E-state index contributed by atoms with van der Waals surface area (Å²) in [5.41, 5.74) is 0.319. The Hall–Kier alpha value is -3.24. The van der Waals surface area contributed by atoms with Crippen molar-refractivity contribution in [2.24, 2.45) is 0 Å². The molecule has 10 heteroatoms. The first-order valence-electron chi connectivity index (χ1n) is 9.96. The summed E-state index contributed by atoms with van der Waals surface area (Å²) in [6, 6.07) is 11.5. The van der Waals surface area contributed by atoms with Crippen LogP contribution in [0, 0.1) is 0 Å². The fourth-order valence-corrected chi connectivity index (χ4v) is 3.26. The van der Waals surface area contributed by atoms with E-state index in [4.69, 9.17) is 14.2 Å². The van der Waals surface area contributed by atoms with E-state index in [-0.39, 0.29) is 23.1 Å². The number of aromatic hydroxyl groups is 1. The van der Waals surface area contributed by atoms with Gasteiger partial charge in [-0.15, -0.1) is 13.2 Å². The molecule has 1 saturated heterocycles. The average Bonchev–Trinajstić information content (AvgIpc) is 2.75. The van der Waals surface area contributed by atoms with E-state index in [0.29, 0.717) is 23.3 Å². The predicted molar refractivity (Wildman–Crippen MR) is 109 cm³/mol. The van der Waals surface area contributed by atoms with Gasteiger partial charge in [-0.25, -0.2) is 4.98 Å². The molecule has 1 aromatic heterocycles. The molecule has 0 unspecified atom stereocenters. The minimum absolute atomic E-state index is 0.0664. The summed E-state index contributed by atoms with van der Waals surface area (Å²) in [6.45, 7) is 4.43. The zero-order valence-electron chi connectivity index (χ0n) is 17.0. The molecule has 0 spiro atoms. The number of phenolic OH excluding ortho intramolecular Hbond substituents is 1. The van der Waals surface area contributed by atoms with Crippen LogP contribution < -0.4 is 14.2 Å². The normalized spacial score (nSPS) is 15.0. The first-order chi connectivity index (χ1) is 15.4. The molecule has 0 bridgehead atoms. The molecule has 2 heterocycles. The molecular weight excluding hydrogens is 429 g/mol. The van der Waals surface area contributed by atoms with Crippen LogP contribution in [-0.2, 0) is 4.74 Å². The number of fused-ring (bicyclic) bond motifs is 1. The second-order valence-electron chi connectivity index (χ2n) is 7.09. The van der Waals surface area contributed by atoms with Gasteiger partial charge >= 0.3 is 6.36 Å². The summed E-state index contributed by atoms with van der Waals surface area (Å²) in [5, 5.41) is 11.0. The zero-order valence-corrected chi connectivity index (χ0v) is 17.0. The Bertz CT molecular complexity index is 1050. The summed E-state index contributed by atoms with van der Waals surface area (Å²) < 4.78 is 57.3. The molecule has 0 atom stereocenters. The van der Waals surface area contributed by atoms with Gasteiger partial charge in [0.2, 0.25) is 5.88 Å². The lowest BCUT2D eigenvalue weighted by Crippen LogP contribution is -2.38. The van der Waals surface area contributed by atoms with Crippen LogP contribution in [0.25, 0.3) is 10.9 Å². The van der Waals surface area contributed by atoms with Gasteiger partial charge in [-0.1, -0.05) is 0 Å². The highest BCUT2D eigenvalue weighted by Crippen LogP contribution is 2.32. The van der Waals surface area contributed by atoms with Crippen molar-refractivity contribution >= 4 is 10.9 Å². The largest absolute Gasteiger partial charge is 0.573 e. The number of halogens is 3. The van der Waals surface area contributed by atoms with Crippen LogP contribution in [0.4, 0.5) is 13.2 Å². The van der Waals surface area contributed by atoms with E-state index in [1.54, 1.807) is 18.2 Å². The van der Waals surface area contributed by atoms with Crippen molar-refractivity contribution in [1.82, 2.24) is 9.88 Å². The van der Waals surface area contributed by atoms with Gasteiger partial charge in [0.1, 0.15) is 35.1 Å². The van der Waals surface area contributed by atoms with Crippen LogP contribution in [-0.4, -0.2) is 60.8 Å². The van der Waals surface area contributed by atoms with Gasteiger partial charge in [-0.05, 0) is 36.4 Å². The van der Waals surface area contributed by atoms with Crippen molar-refractivity contribution in [2.75, 3.05) is 39.5 Å². The fraction of sp³-hybridized carbons (Fsp3) is 0.318. The lowest BCUT2D eigenvalue weighted by Gasteiger charge is -2.26. The van der Waals surface area contributed by atoms with Crippen molar-refractivity contribution < 1.29 is 37.2 Å². The molecule has 4 rings (SSSR count). The van der Waals surface area contributed by atoms with Gasteiger partial charge in [0.15, 0.2) is 0 Å². The first-order valence-corrected chi connectivity index (χ1v) is 9.96. The minimum Gasteiger partial charge on any atom is -0.506 e. The lowest BCUT2D eigenvalue weighted by atomic mass is 10.2. The number of hydrogen-bond donors (Lipinski definition) is 1. The Labute approximate surface area is 181 Å². The Morgan fingerprint density at radius 2 is 1.69 bits per heavy atom. The molecule has 0 aliphatic carbocycles. The van der Waals surface area contributed by atoms with Crippen LogP contribution in [0.15, 0.2) is 48.5 Å². The third-order valence-corrected chi connectivity index (χ3v) is 4.78. The van der Waals surface area contributed by atoms with Crippen LogP contribution >= 0.6 is 0 Å². The standard InChI is InChI=1S/C22H21F3N2O5/c23-22(24,25)32-17-4-2-16(3-5-17)31-20-6-1-15-13-18(14-19(28)21(15)26-20)30-12-9-27-7-10-29-11-8-27/h1-6,13-14,28H,7-12H2. The minimum atomic E-state index is -4.76. The highest BCUT2D eigenvalue weighted by atomic mass is 19.4. The fourth-order valence-electron chi connectivity index (χ4n) is 3.26. The van der Waals surface area contributed by atoms with Crippen molar-refractivity contribution in [1.29, 1.82) is 0 Å². The third-order valence-electron chi connectivity index (χ3n) is 4.78. The molecule has 7 nitrogen and oxygen atoms in total. The molecule has 1 aliphatic rings. The molecular formula is C22H21F3N2O5. The third kappa shape index (κ3) is 5.92. The topological polar surface area (TPSA) is 73.3 Å². The molecule has 32 heavy (non-hydrogen) atoms. The summed E-state index contributed by atoms with van der Waals surface area (Å²) in [7, 11) is 0. The molecule has 0 saturated carbocycles. The van der Waals surface area contributed by atoms with E-state index >= 15 is 0 Å². The molecule has 1 aliphatic heterocycles. The van der Waals surface area contributed by atoms with E-state index in [2.05, 4.69) is 14.6 Å². The Morgan fingerprint density at radius 3 is 2.41 bits per heavy atom. The van der Waals surface area contributed by atoms with Gasteiger partial charge in [0.05, 0.1) is 13.2 Å². The van der Waals surface area contributed by atoms with Crippen molar-refractivity contribution in [3.63, 3.8) is 0 Å². The number of alkyl halides is 3. The Morgan fingerprint density at radius 1 is 0.969 bits per heavy atom. The number of hydrogen-bond acceptors (Lipinski definition) is 7. The monoisotopic (exact) mass is 450 g/mol. The van der Waals surface area contributed by atoms with Crippen LogP contribution in [0.3, 0.4) is 0 Å². The maximum atomic E-state index is 12.3. The van der Waals surface area contributed by atoms with E-state index in [9.17, 15) is 18.3 Å². The quantitative estimate of drug-likeness (QED) is 0.574. The smallest absolute Gasteiger partial charge is 0.506 e. The summed E-state index contributed by atoms with van der Waals surface area (Å²) >= 11 is 0. The van der Waals surface area contributed by atoms with Crippen LogP contribution in [0.1, 0.15) is 0 Å². The number of phenols is 1. The van der Waals surface area contributed by atoms with Crippen LogP contribution in [0.5, 0.6) is 28.9 Å². The molecule has 0 amide bonds. The maximum absolute atomic E-state index is 12.3. The highest BCUT2D eigenvalue weighted by Gasteiger charge is 2.31. The first kappa shape index (κ1) is 22.0. The lowest BCUT2D eigenvalue weighted by molar-refractivity contribution is -0.274. The molecule has 0 radical (unpaired) electrons. The highest BCUT2D eigenvalue weighted by molar-refractivity contribution is 5.86. The summed E-state index contributed by atoms with van der Waals surface area (Å²) in [5.74, 6) is 0.560. The van der Waals surface area contributed by atoms with Gasteiger partial charge in [0, 0.05) is 37.2 Å². The second-order valence-corrected chi connectivity index (χ2v) is 7.09. The van der Waals surface area contributed by atoms with Crippen molar-refractivity contribution in [3.8, 4) is 28.9 Å². The molecule has 3 aromatic rings. The number of ether oxygens (including phenoxy) is 4. The number of benzene rings is 2. The number of aromatic nitrogens is 1. The Balaban J connectivity index is 1.40. The van der Waals surface area contributed by atoms with Gasteiger partial charge in [-0.2, -0.15) is 0 Å². The Kier molecular flexibility index (Phi) is 6.52. The van der Waals surface area contributed by atoms with Gasteiger partial charge < -0.3 is 24.1 Å². The number of rotatable bonds is 7. The average molecular weight is 450 g/mol. The second kappa shape index (κ2) is 9.49. The van der Waals surface area contributed by atoms with E-state index < -0.39 is 6.36 Å². The van der Waals surface area contributed by atoms with Crippen molar-refractivity contribution in [2.45, 2.75) is 6.36 Å². The molecule has 1 N–H and O–H groups in total. The predicted octanol–water partition coefficient (Wildman–Crippen LogP) is 4.34. The summed E-state index contributed by atoms with van der Waals surface area (Å²) in [6.07, 6.45) is -4.76. The van der Waals surface area contributed by atoms with Gasteiger partial charge in [0.25, 0.3) is 0 Å². The van der Waals surface area contributed by atoms with E-state index in [1.165, 1.54) is 18.2 Å². The van der Waals surface area contributed by atoms with Crippen molar-refractivity contribution in [3.05, 3.63) is 48.5 Å². The van der Waals surface area contributed by atoms with Crippen LogP contribution in [0.2, 0.25) is 0 Å². The van der Waals surface area contributed by atoms with Gasteiger partial charge in [-0.3, -0.25) is 4.90 Å². The summed E-state index contributed by atoms with van der Waals surface area (Å²) in [4.78, 5) is 6.53. The maximum Gasteiger partial charge on any atom is 0.573 e. The van der Waals surface area contributed by atoms with E-state index in [0.717, 1.165) is 45.0 Å².